The third kappa shape index (κ3) is 8.05. The SMILES string of the molecule is Cl.Cl.Cl.NCc1cccc(C2CCN(C(=O)c3cncc(NCc4ccc(Br)cc4F)c3)CC2)c1. The second-order valence-corrected chi connectivity index (χ2v) is 8.98. The van der Waals surface area contributed by atoms with Gasteiger partial charge in [-0.15, -0.1) is 37.2 Å². The molecular weight excluding hydrogens is 578 g/mol. The molecule has 1 aliphatic rings. The van der Waals surface area contributed by atoms with E-state index >= 15 is 0 Å². The molecule has 0 atom stereocenters. The Bertz CT molecular complexity index is 1110. The summed E-state index contributed by atoms with van der Waals surface area (Å²) >= 11 is 3.26. The quantitative estimate of drug-likeness (QED) is 0.344. The summed E-state index contributed by atoms with van der Waals surface area (Å²) in [6.45, 7) is 2.26. The number of anilines is 1. The van der Waals surface area contributed by atoms with Crippen molar-refractivity contribution in [3.05, 3.63) is 93.5 Å². The van der Waals surface area contributed by atoms with Crippen molar-refractivity contribution in [3.63, 3.8) is 0 Å². The van der Waals surface area contributed by atoms with E-state index in [-0.39, 0.29) is 48.9 Å². The van der Waals surface area contributed by atoms with Crippen LogP contribution in [0.4, 0.5) is 10.1 Å². The van der Waals surface area contributed by atoms with Gasteiger partial charge in [0.05, 0.1) is 11.3 Å². The Kier molecular flexibility index (Phi) is 13.0. The fourth-order valence-corrected chi connectivity index (χ4v) is 4.42. The van der Waals surface area contributed by atoms with Crippen molar-refractivity contribution in [2.45, 2.75) is 31.8 Å². The maximum absolute atomic E-state index is 14.0. The van der Waals surface area contributed by atoms with Crippen LogP contribution in [0.25, 0.3) is 0 Å². The maximum atomic E-state index is 14.0. The van der Waals surface area contributed by atoms with Gasteiger partial charge in [0.15, 0.2) is 0 Å². The van der Waals surface area contributed by atoms with Crippen molar-refractivity contribution < 1.29 is 9.18 Å². The minimum absolute atomic E-state index is 0. The van der Waals surface area contributed by atoms with Gasteiger partial charge < -0.3 is 16.0 Å². The van der Waals surface area contributed by atoms with E-state index in [4.69, 9.17) is 5.73 Å². The van der Waals surface area contributed by atoms with Crippen molar-refractivity contribution >= 4 is 64.7 Å². The normalized spacial score (nSPS) is 13.2. The number of nitrogens with zero attached hydrogens (tertiary/aromatic N) is 2. The first-order valence-electron chi connectivity index (χ1n) is 10.7. The number of nitrogens with one attached hydrogen (secondary N) is 1. The largest absolute Gasteiger partial charge is 0.380 e. The molecule has 1 aliphatic heterocycles. The fraction of sp³-hybridized carbons (Fsp3) is 0.280. The van der Waals surface area contributed by atoms with Crippen LogP contribution in [0.3, 0.4) is 0 Å². The Balaban J connectivity index is 0.00000204. The number of likely N-dealkylation sites (tertiary alicyclic amines) is 1. The summed E-state index contributed by atoms with van der Waals surface area (Å²) in [6.07, 6.45) is 5.08. The number of carbonyl (C=O) groups excluding carboxylic acids is 1. The average molecular weight is 607 g/mol. The molecule has 2 heterocycles. The zero-order valence-electron chi connectivity index (χ0n) is 19.0. The Morgan fingerprint density at radius 2 is 1.83 bits per heavy atom. The van der Waals surface area contributed by atoms with E-state index in [9.17, 15) is 9.18 Å². The van der Waals surface area contributed by atoms with Gasteiger partial charge in [0.2, 0.25) is 0 Å². The third-order valence-corrected chi connectivity index (χ3v) is 6.42. The molecular formula is C25H29BrCl3FN4O. The van der Waals surface area contributed by atoms with E-state index in [1.165, 1.54) is 11.6 Å². The molecule has 3 N–H and O–H groups in total. The number of rotatable bonds is 6. The Hall–Kier alpha value is -1.90. The van der Waals surface area contributed by atoms with Crippen molar-refractivity contribution in [3.8, 4) is 0 Å². The molecule has 2 aromatic carbocycles. The molecule has 1 fully saturated rings. The van der Waals surface area contributed by atoms with Crippen LogP contribution in [0.1, 0.15) is 45.8 Å². The number of aromatic nitrogens is 1. The molecule has 35 heavy (non-hydrogen) atoms. The number of piperidine rings is 1. The second kappa shape index (κ2) is 14.6. The number of benzene rings is 2. The molecule has 3 aromatic rings. The van der Waals surface area contributed by atoms with Gasteiger partial charge in [-0.25, -0.2) is 4.39 Å². The lowest BCUT2D eigenvalue weighted by Crippen LogP contribution is -2.38. The molecule has 1 amide bonds. The summed E-state index contributed by atoms with van der Waals surface area (Å²) in [5.41, 5.74) is 9.98. The van der Waals surface area contributed by atoms with E-state index in [0.717, 1.165) is 18.4 Å². The number of hydrogen-bond acceptors (Lipinski definition) is 4. The predicted molar refractivity (Wildman–Crippen MR) is 150 cm³/mol. The van der Waals surface area contributed by atoms with Gasteiger partial charge in [0.25, 0.3) is 5.91 Å². The predicted octanol–water partition coefficient (Wildman–Crippen LogP) is 6.34. The van der Waals surface area contributed by atoms with Gasteiger partial charge in [-0.05, 0) is 48.1 Å². The smallest absolute Gasteiger partial charge is 0.255 e. The van der Waals surface area contributed by atoms with Crippen LogP contribution in [0, 0.1) is 5.82 Å². The van der Waals surface area contributed by atoms with E-state index in [1.54, 1.807) is 30.6 Å². The highest BCUT2D eigenvalue weighted by Gasteiger charge is 2.25. The zero-order valence-corrected chi connectivity index (χ0v) is 23.0. The Morgan fingerprint density at radius 3 is 2.51 bits per heavy atom. The van der Waals surface area contributed by atoms with Crippen LogP contribution in [0.2, 0.25) is 0 Å². The lowest BCUT2D eigenvalue weighted by atomic mass is 9.88. The molecule has 190 valence electrons. The topological polar surface area (TPSA) is 71.2 Å². The number of carbonyl (C=O) groups is 1. The molecule has 0 spiro atoms. The van der Waals surface area contributed by atoms with Crippen LogP contribution >= 0.6 is 53.2 Å². The van der Waals surface area contributed by atoms with Gasteiger partial charge in [0, 0.05) is 48.6 Å². The molecule has 0 saturated carbocycles. The highest BCUT2D eigenvalue weighted by Crippen LogP contribution is 2.29. The lowest BCUT2D eigenvalue weighted by Gasteiger charge is -2.32. The Morgan fingerprint density at radius 1 is 1.09 bits per heavy atom. The molecule has 5 nitrogen and oxygen atoms in total. The molecule has 4 rings (SSSR count). The highest BCUT2D eigenvalue weighted by atomic mass is 79.9. The van der Waals surface area contributed by atoms with Crippen molar-refractivity contribution in [2.75, 3.05) is 18.4 Å². The first-order chi connectivity index (χ1) is 15.5. The van der Waals surface area contributed by atoms with Crippen LogP contribution < -0.4 is 11.1 Å². The molecule has 10 heteroatoms. The minimum atomic E-state index is -0.285. The van der Waals surface area contributed by atoms with Gasteiger partial charge in [0.1, 0.15) is 5.82 Å². The molecule has 1 saturated heterocycles. The molecule has 1 aromatic heterocycles. The summed E-state index contributed by atoms with van der Waals surface area (Å²) in [5.74, 6) is 0.134. The summed E-state index contributed by atoms with van der Waals surface area (Å²) in [4.78, 5) is 19.1. The first-order valence-corrected chi connectivity index (χ1v) is 11.5. The molecule has 0 aliphatic carbocycles. The van der Waals surface area contributed by atoms with Crippen molar-refractivity contribution in [1.29, 1.82) is 0 Å². The van der Waals surface area contributed by atoms with E-state index < -0.39 is 0 Å². The molecule has 0 radical (unpaired) electrons. The number of amides is 1. The minimum Gasteiger partial charge on any atom is -0.380 e. The number of halogens is 5. The van der Waals surface area contributed by atoms with Crippen molar-refractivity contribution in [2.24, 2.45) is 5.73 Å². The van der Waals surface area contributed by atoms with Gasteiger partial charge in [-0.3, -0.25) is 9.78 Å². The third-order valence-electron chi connectivity index (χ3n) is 5.92. The van der Waals surface area contributed by atoms with Gasteiger partial charge >= 0.3 is 0 Å². The lowest BCUT2D eigenvalue weighted by molar-refractivity contribution is 0.0712. The second-order valence-electron chi connectivity index (χ2n) is 8.07. The Labute approximate surface area is 232 Å². The van der Waals surface area contributed by atoms with Crippen LogP contribution in [0.5, 0.6) is 0 Å². The molecule has 0 unspecified atom stereocenters. The van der Waals surface area contributed by atoms with Gasteiger partial charge in [-0.1, -0.05) is 46.3 Å². The number of hydrogen-bond donors (Lipinski definition) is 2. The van der Waals surface area contributed by atoms with E-state index in [2.05, 4.69) is 44.4 Å². The van der Waals surface area contributed by atoms with Crippen LogP contribution in [-0.4, -0.2) is 28.9 Å². The monoisotopic (exact) mass is 604 g/mol. The van der Waals surface area contributed by atoms with E-state index in [0.29, 0.717) is 53.4 Å². The summed E-state index contributed by atoms with van der Waals surface area (Å²) in [7, 11) is 0. The standard InChI is InChI=1S/C25H26BrFN4O.3ClH/c26-22-5-4-20(24(27)12-22)15-30-23-11-21(14-29-16-23)25(32)31-8-6-18(7-9-31)19-3-1-2-17(10-19)13-28;;;/h1-5,10-12,14,16,18,30H,6-9,13,15,28H2;3*1H. The van der Waals surface area contributed by atoms with E-state index in [1.807, 2.05) is 11.0 Å². The van der Waals surface area contributed by atoms with Crippen LogP contribution in [0.15, 0.2) is 65.4 Å². The zero-order chi connectivity index (χ0) is 22.5. The number of nitrogens with two attached hydrogens (primary N) is 1. The highest BCUT2D eigenvalue weighted by molar-refractivity contribution is 9.10. The van der Waals surface area contributed by atoms with Crippen LogP contribution in [-0.2, 0) is 13.1 Å². The average Bonchev–Trinajstić information content (AvgIpc) is 2.83. The summed E-state index contributed by atoms with van der Waals surface area (Å²) < 4.78 is 14.7. The van der Waals surface area contributed by atoms with Gasteiger partial charge in [-0.2, -0.15) is 0 Å². The maximum Gasteiger partial charge on any atom is 0.255 e. The summed E-state index contributed by atoms with van der Waals surface area (Å²) in [6, 6.07) is 15.2. The van der Waals surface area contributed by atoms with Crippen molar-refractivity contribution in [1.82, 2.24) is 9.88 Å². The first kappa shape index (κ1) is 31.1. The number of pyridine rings is 1. The fourth-order valence-electron chi connectivity index (χ4n) is 4.09. The summed E-state index contributed by atoms with van der Waals surface area (Å²) in [5, 5.41) is 3.16. The molecule has 0 bridgehead atoms.